The molecule has 9 nitrogen and oxygen atoms in total. The van der Waals surface area contributed by atoms with Crippen molar-refractivity contribution in [1.82, 2.24) is 19.9 Å². The van der Waals surface area contributed by atoms with E-state index in [1.54, 1.807) is 6.92 Å². The van der Waals surface area contributed by atoms with Gasteiger partial charge in [-0.2, -0.15) is 0 Å². The SMILES string of the molecule is Cc1cc(C(=O)N2C[C@@H]3CCC[C@@]3(C(=O)O)C2)nc2[nH]c(=O)[nH]c(=O)c12. The smallest absolute Gasteiger partial charge is 0.327 e. The lowest BCUT2D eigenvalue weighted by Crippen LogP contribution is -2.37. The zero-order valence-electron chi connectivity index (χ0n) is 14.2. The van der Waals surface area contributed by atoms with Crippen LogP contribution in [-0.4, -0.2) is 49.9 Å². The fourth-order valence-electron chi connectivity index (χ4n) is 4.42. The molecule has 1 aliphatic heterocycles. The third-order valence-corrected chi connectivity index (χ3v) is 5.71. The summed E-state index contributed by atoms with van der Waals surface area (Å²) in [6, 6.07) is 1.50. The minimum atomic E-state index is -0.868. The van der Waals surface area contributed by atoms with Crippen LogP contribution in [-0.2, 0) is 4.79 Å². The molecule has 1 saturated carbocycles. The van der Waals surface area contributed by atoms with Crippen LogP contribution in [0.5, 0.6) is 0 Å². The molecule has 1 amide bonds. The van der Waals surface area contributed by atoms with Crippen LogP contribution in [0, 0.1) is 18.3 Å². The number of fused-ring (bicyclic) bond motifs is 2. The average Bonchev–Trinajstić information content (AvgIpc) is 3.11. The highest BCUT2D eigenvalue weighted by atomic mass is 16.4. The maximum atomic E-state index is 12.9. The number of pyridine rings is 1. The number of nitrogens with one attached hydrogen (secondary N) is 2. The van der Waals surface area contributed by atoms with Gasteiger partial charge in [0.2, 0.25) is 0 Å². The molecule has 2 fully saturated rings. The Labute approximate surface area is 147 Å². The number of rotatable bonds is 2. The Balaban J connectivity index is 1.73. The zero-order chi connectivity index (χ0) is 18.6. The van der Waals surface area contributed by atoms with Gasteiger partial charge in [0, 0.05) is 13.1 Å². The predicted octanol–water partition coefficient (Wildman–Crippen LogP) is 0.247. The number of amides is 1. The molecule has 0 spiro atoms. The number of hydrogen-bond acceptors (Lipinski definition) is 5. The van der Waals surface area contributed by atoms with E-state index in [2.05, 4.69) is 15.0 Å². The maximum absolute atomic E-state index is 12.9. The number of aryl methyl sites for hydroxylation is 1. The molecule has 26 heavy (non-hydrogen) atoms. The number of aromatic nitrogens is 3. The number of carboxylic acid groups (broad SMARTS) is 1. The number of likely N-dealkylation sites (tertiary alicyclic amines) is 1. The van der Waals surface area contributed by atoms with Crippen LogP contribution in [0.25, 0.3) is 11.0 Å². The first-order chi connectivity index (χ1) is 12.3. The first-order valence-electron chi connectivity index (χ1n) is 8.48. The lowest BCUT2D eigenvalue weighted by molar-refractivity contribution is -0.149. The average molecular weight is 358 g/mol. The Kier molecular flexibility index (Phi) is 3.50. The topological polar surface area (TPSA) is 136 Å². The van der Waals surface area contributed by atoms with Crippen molar-refractivity contribution in [2.75, 3.05) is 13.1 Å². The number of hydrogen-bond donors (Lipinski definition) is 3. The third-order valence-electron chi connectivity index (χ3n) is 5.71. The van der Waals surface area contributed by atoms with Crippen LogP contribution < -0.4 is 11.2 Å². The van der Waals surface area contributed by atoms with E-state index < -0.39 is 22.6 Å². The summed E-state index contributed by atoms with van der Waals surface area (Å²) in [7, 11) is 0. The monoisotopic (exact) mass is 358 g/mol. The molecule has 9 heteroatoms. The first kappa shape index (κ1) is 16.5. The minimum absolute atomic E-state index is 0.0480. The number of H-pyrrole nitrogens is 2. The van der Waals surface area contributed by atoms with E-state index in [-0.39, 0.29) is 35.1 Å². The molecule has 2 atom stereocenters. The van der Waals surface area contributed by atoms with Gasteiger partial charge in [-0.15, -0.1) is 0 Å². The second-order valence-corrected chi connectivity index (χ2v) is 7.19. The summed E-state index contributed by atoms with van der Waals surface area (Å²) in [4.78, 5) is 58.3. The Morgan fingerprint density at radius 2 is 2.12 bits per heavy atom. The molecular weight excluding hydrogens is 340 g/mol. The van der Waals surface area contributed by atoms with Gasteiger partial charge in [0.05, 0.1) is 10.8 Å². The molecule has 136 valence electrons. The van der Waals surface area contributed by atoms with Crippen LogP contribution in [0.1, 0.15) is 35.3 Å². The van der Waals surface area contributed by atoms with E-state index in [0.717, 1.165) is 12.8 Å². The van der Waals surface area contributed by atoms with Crippen molar-refractivity contribution in [3.05, 3.63) is 38.2 Å². The van der Waals surface area contributed by atoms with E-state index in [1.165, 1.54) is 11.0 Å². The van der Waals surface area contributed by atoms with Crippen LogP contribution in [0.15, 0.2) is 15.7 Å². The van der Waals surface area contributed by atoms with Crippen molar-refractivity contribution in [1.29, 1.82) is 0 Å². The molecule has 3 heterocycles. The van der Waals surface area contributed by atoms with Gasteiger partial charge in [-0.3, -0.25) is 24.4 Å². The Hall–Kier alpha value is -2.97. The highest BCUT2D eigenvalue weighted by Gasteiger charge is 2.55. The lowest BCUT2D eigenvalue weighted by atomic mass is 9.81. The first-order valence-corrected chi connectivity index (χ1v) is 8.48. The van der Waals surface area contributed by atoms with Crippen molar-refractivity contribution in [3.8, 4) is 0 Å². The molecule has 1 saturated heterocycles. The van der Waals surface area contributed by atoms with Crippen molar-refractivity contribution < 1.29 is 14.7 Å². The van der Waals surface area contributed by atoms with Gasteiger partial charge in [0.25, 0.3) is 11.5 Å². The fourth-order valence-corrected chi connectivity index (χ4v) is 4.42. The summed E-state index contributed by atoms with van der Waals surface area (Å²) in [5, 5.41) is 9.88. The van der Waals surface area contributed by atoms with Crippen molar-refractivity contribution in [3.63, 3.8) is 0 Å². The summed E-state index contributed by atoms with van der Waals surface area (Å²) in [5.74, 6) is -1.28. The number of nitrogens with zero attached hydrogens (tertiary/aromatic N) is 2. The van der Waals surface area contributed by atoms with Gasteiger partial charge in [-0.25, -0.2) is 9.78 Å². The van der Waals surface area contributed by atoms with Crippen LogP contribution in [0.2, 0.25) is 0 Å². The molecule has 2 aliphatic rings. The molecule has 2 aromatic rings. The number of carbonyl (C=O) groups is 2. The van der Waals surface area contributed by atoms with Gasteiger partial charge >= 0.3 is 11.7 Å². The predicted molar refractivity (Wildman–Crippen MR) is 91.0 cm³/mol. The molecular formula is C17H18N4O5. The van der Waals surface area contributed by atoms with Gasteiger partial charge in [-0.05, 0) is 37.3 Å². The van der Waals surface area contributed by atoms with Gasteiger partial charge in [0.15, 0.2) is 0 Å². The summed E-state index contributed by atoms with van der Waals surface area (Å²) < 4.78 is 0. The molecule has 4 rings (SSSR count). The number of carboxylic acids is 1. The second kappa shape index (κ2) is 5.52. The lowest BCUT2D eigenvalue weighted by Gasteiger charge is -2.23. The number of aromatic amines is 2. The second-order valence-electron chi connectivity index (χ2n) is 7.19. The highest BCUT2D eigenvalue weighted by molar-refractivity contribution is 5.96. The van der Waals surface area contributed by atoms with Crippen LogP contribution in [0.3, 0.4) is 0 Å². The van der Waals surface area contributed by atoms with E-state index in [9.17, 15) is 24.3 Å². The fraction of sp³-hybridized carbons (Fsp3) is 0.471. The largest absolute Gasteiger partial charge is 0.481 e. The van der Waals surface area contributed by atoms with E-state index in [0.29, 0.717) is 18.5 Å². The summed E-state index contributed by atoms with van der Waals surface area (Å²) in [6.45, 7) is 2.21. The van der Waals surface area contributed by atoms with Crippen molar-refractivity contribution in [2.45, 2.75) is 26.2 Å². The molecule has 0 unspecified atom stereocenters. The molecule has 2 aromatic heterocycles. The normalized spacial score (nSPS) is 24.8. The highest BCUT2D eigenvalue weighted by Crippen LogP contribution is 2.49. The minimum Gasteiger partial charge on any atom is -0.481 e. The molecule has 0 aromatic carbocycles. The summed E-state index contributed by atoms with van der Waals surface area (Å²) in [5.41, 5.74) is -1.46. The molecule has 0 bridgehead atoms. The Bertz CT molecular complexity index is 1060. The summed E-state index contributed by atoms with van der Waals surface area (Å²) >= 11 is 0. The van der Waals surface area contributed by atoms with E-state index >= 15 is 0 Å². The summed E-state index contributed by atoms with van der Waals surface area (Å²) in [6.07, 6.45) is 2.23. The van der Waals surface area contributed by atoms with Gasteiger partial charge in [-0.1, -0.05) is 6.42 Å². The van der Waals surface area contributed by atoms with Crippen LogP contribution >= 0.6 is 0 Å². The Morgan fingerprint density at radius 3 is 2.81 bits per heavy atom. The van der Waals surface area contributed by atoms with Gasteiger partial charge in [0.1, 0.15) is 11.3 Å². The molecule has 3 N–H and O–H groups in total. The maximum Gasteiger partial charge on any atom is 0.327 e. The standard InChI is InChI=1S/C17H18N4O5/c1-8-5-10(18-12-11(8)13(22)20-16(26)19-12)14(23)21-6-9-3-2-4-17(9,7-21)15(24)25/h5,9H,2-4,6-7H2,1H3,(H,24,25)(H2,18,19,20,22,26)/t9-,17+/m0/s1. The van der Waals surface area contributed by atoms with Crippen molar-refractivity contribution in [2.24, 2.45) is 11.3 Å². The van der Waals surface area contributed by atoms with Crippen LogP contribution in [0.4, 0.5) is 0 Å². The zero-order valence-corrected chi connectivity index (χ0v) is 14.2. The molecule has 0 radical (unpaired) electrons. The number of aliphatic carboxylic acids is 1. The molecule has 1 aliphatic carbocycles. The van der Waals surface area contributed by atoms with Gasteiger partial charge < -0.3 is 10.0 Å². The quantitative estimate of drug-likeness (QED) is 0.704. The van der Waals surface area contributed by atoms with E-state index in [1.807, 2.05) is 0 Å². The Morgan fingerprint density at radius 1 is 1.35 bits per heavy atom. The number of carbonyl (C=O) groups excluding carboxylic acids is 1. The third kappa shape index (κ3) is 2.27. The van der Waals surface area contributed by atoms with E-state index in [4.69, 9.17) is 0 Å². The van der Waals surface area contributed by atoms with Crippen molar-refractivity contribution >= 4 is 22.9 Å².